The van der Waals surface area contributed by atoms with Gasteiger partial charge < -0.3 is 49.6 Å². The van der Waals surface area contributed by atoms with E-state index in [4.69, 9.17) is 13.9 Å². The maximum Gasteiger partial charge on any atom is 0.239 e. The number of fused-ring (bicyclic) bond motifs is 1. The van der Waals surface area contributed by atoms with Gasteiger partial charge in [-0.3, -0.25) is 4.79 Å². The lowest BCUT2D eigenvalue weighted by atomic mass is 10.0. The van der Waals surface area contributed by atoms with Gasteiger partial charge in [0, 0.05) is 17.2 Å². The van der Waals surface area contributed by atoms with Crippen molar-refractivity contribution in [2.24, 2.45) is 0 Å². The molecule has 170 valence electrons. The van der Waals surface area contributed by atoms with Gasteiger partial charge in [0.1, 0.15) is 40.8 Å². The number of rotatable bonds is 3. The summed E-state index contributed by atoms with van der Waals surface area (Å²) in [5, 5.41) is 69.2. The topological polar surface area (TPSA) is 190 Å². The second-order valence-corrected chi connectivity index (χ2v) is 7.40. The summed E-state index contributed by atoms with van der Waals surface area (Å²) in [5.74, 6) is -2.72. The Balaban J connectivity index is 1.96. The van der Waals surface area contributed by atoms with E-state index in [9.17, 15) is 40.5 Å². The van der Waals surface area contributed by atoms with Crippen molar-refractivity contribution in [2.45, 2.75) is 31.5 Å². The monoisotopic (exact) mass is 448 g/mol. The highest BCUT2D eigenvalue weighted by Gasteiger charge is 2.40. The molecule has 4 atom stereocenters. The maximum atomic E-state index is 13.3. The Morgan fingerprint density at radius 2 is 1.66 bits per heavy atom. The van der Waals surface area contributed by atoms with Gasteiger partial charge in [-0.05, 0) is 25.1 Å². The van der Waals surface area contributed by atoms with Crippen molar-refractivity contribution < 1.29 is 49.6 Å². The zero-order valence-corrected chi connectivity index (χ0v) is 16.6. The van der Waals surface area contributed by atoms with E-state index in [1.165, 1.54) is 13.0 Å². The highest BCUT2D eigenvalue weighted by atomic mass is 16.7. The summed E-state index contributed by atoms with van der Waals surface area (Å²) in [6.07, 6.45) is -6.31. The number of hydrogen-bond acceptors (Lipinski definition) is 11. The molecule has 2 aromatic carbocycles. The van der Waals surface area contributed by atoms with Crippen LogP contribution in [-0.2, 0) is 4.74 Å². The van der Waals surface area contributed by atoms with Crippen LogP contribution >= 0.6 is 0 Å². The molecule has 1 fully saturated rings. The Morgan fingerprint density at radius 1 is 0.938 bits per heavy atom. The van der Waals surface area contributed by atoms with Gasteiger partial charge in [0.25, 0.3) is 0 Å². The summed E-state index contributed by atoms with van der Waals surface area (Å²) in [6, 6.07) is 4.48. The molecule has 0 amide bonds. The molecule has 0 aliphatic carbocycles. The first-order valence-electron chi connectivity index (χ1n) is 9.47. The second kappa shape index (κ2) is 7.88. The average Bonchev–Trinajstić information content (AvgIpc) is 2.75. The summed E-state index contributed by atoms with van der Waals surface area (Å²) in [4.78, 5) is 13.3. The van der Waals surface area contributed by atoms with Crippen LogP contribution < -0.4 is 10.2 Å². The predicted octanol–water partition coefficient (Wildman–Crippen LogP) is 0.409. The normalized spacial score (nSPS) is 23.4. The first-order chi connectivity index (χ1) is 15.1. The molecule has 11 nitrogen and oxygen atoms in total. The molecule has 0 spiro atoms. The van der Waals surface area contributed by atoms with Gasteiger partial charge in [0.2, 0.25) is 17.5 Å². The number of phenols is 4. The van der Waals surface area contributed by atoms with E-state index >= 15 is 0 Å². The van der Waals surface area contributed by atoms with E-state index < -0.39 is 59.6 Å². The molecule has 11 heteroatoms. The highest BCUT2D eigenvalue weighted by Crippen LogP contribution is 2.40. The van der Waals surface area contributed by atoms with Crippen LogP contribution in [0.2, 0.25) is 0 Å². The minimum atomic E-state index is -1.73. The van der Waals surface area contributed by atoms with E-state index in [0.29, 0.717) is 0 Å². The third-order valence-corrected chi connectivity index (χ3v) is 5.25. The zero-order valence-electron chi connectivity index (χ0n) is 16.6. The molecule has 1 aliphatic heterocycles. The number of aliphatic hydroxyl groups excluding tert-OH is 3. The molecule has 2 heterocycles. The van der Waals surface area contributed by atoms with Crippen LogP contribution in [0.3, 0.4) is 0 Å². The Hall–Kier alpha value is -3.51. The molecule has 1 aliphatic rings. The molecule has 4 rings (SSSR count). The van der Waals surface area contributed by atoms with Gasteiger partial charge in [-0.25, -0.2) is 0 Å². The molecular formula is C21H20O11. The van der Waals surface area contributed by atoms with Crippen molar-refractivity contribution in [1.82, 2.24) is 0 Å². The largest absolute Gasteiger partial charge is 0.507 e. The van der Waals surface area contributed by atoms with Crippen molar-refractivity contribution in [2.75, 3.05) is 6.61 Å². The fraction of sp³-hybridized carbons (Fsp3) is 0.286. The Bertz CT molecular complexity index is 1250. The molecule has 1 aromatic heterocycles. The predicted molar refractivity (Wildman–Crippen MR) is 108 cm³/mol. The number of aliphatic hydroxyl groups is 3. The number of hydrogen-bond donors (Lipinski definition) is 7. The third-order valence-electron chi connectivity index (χ3n) is 5.25. The van der Waals surface area contributed by atoms with E-state index in [1.54, 1.807) is 0 Å². The van der Waals surface area contributed by atoms with Gasteiger partial charge >= 0.3 is 0 Å². The molecule has 3 aromatic rings. The fourth-order valence-electron chi connectivity index (χ4n) is 3.40. The first-order valence-corrected chi connectivity index (χ1v) is 9.47. The van der Waals surface area contributed by atoms with E-state index in [2.05, 4.69) is 0 Å². The third kappa shape index (κ3) is 3.46. The Kier molecular flexibility index (Phi) is 5.34. The number of aryl methyl sites for hydroxylation is 1. The number of ether oxygens (including phenoxy) is 2. The highest BCUT2D eigenvalue weighted by molar-refractivity contribution is 5.91. The lowest BCUT2D eigenvalue weighted by Gasteiger charge is -2.34. The van der Waals surface area contributed by atoms with Gasteiger partial charge in [-0.1, -0.05) is 0 Å². The van der Waals surface area contributed by atoms with Crippen molar-refractivity contribution >= 4 is 11.0 Å². The number of benzene rings is 2. The smallest absolute Gasteiger partial charge is 0.239 e. The molecule has 0 unspecified atom stereocenters. The van der Waals surface area contributed by atoms with Crippen LogP contribution in [0.4, 0.5) is 0 Å². The molecule has 32 heavy (non-hydrogen) atoms. The van der Waals surface area contributed by atoms with Crippen LogP contribution in [0.5, 0.6) is 28.7 Å². The molecule has 1 saturated heterocycles. The fourth-order valence-corrected chi connectivity index (χ4v) is 3.40. The van der Waals surface area contributed by atoms with Gasteiger partial charge in [-0.15, -0.1) is 0 Å². The minimum absolute atomic E-state index is 0.0717. The van der Waals surface area contributed by atoms with Crippen molar-refractivity contribution in [3.8, 4) is 40.1 Å². The van der Waals surface area contributed by atoms with Crippen LogP contribution in [0.25, 0.3) is 22.3 Å². The Labute approximate surface area is 179 Å². The SMILES string of the molecule is Cc1c(O)cc(O)c2c(=O)c(O[C@H]3OC[C@H](O)[C@@H](O)[C@@H]3O)c(-c3ccc(O)c(O)c3)oc12. The van der Waals surface area contributed by atoms with Crippen LogP contribution in [0, 0.1) is 6.92 Å². The number of phenolic OH excluding ortho intramolecular Hbond substituents is 4. The van der Waals surface area contributed by atoms with Crippen LogP contribution in [0.15, 0.2) is 33.5 Å². The summed E-state index contributed by atoms with van der Waals surface area (Å²) >= 11 is 0. The van der Waals surface area contributed by atoms with Gasteiger partial charge in [0.05, 0.1) is 6.61 Å². The van der Waals surface area contributed by atoms with Crippen LogP contribution in [-0.4, -0.2) is 67.0 Å². The molecule has 7 N–H and O–H groups in total. The van der Waals surface area contributed by atoms with E-state index in [1.807, 2.05) is 0 Å². The van der Waals surface area contributed by atoms with E-state index in [0.717, 1.165) is 18.2 Å². The van der Waals surface area contributed by atoms with Crippen molar-refractivity contribution in [1.29, 1.82) is 0 Å². The van der Waals surface area contributed by atoms with E-state index in [-0.39, 0.29) is 33.6 Å². The lowest BCUT2D eigenvalue weighted by Crippen LogP contribution is -2.55. The summed E-state index contributed by atoms with van der Waals surface area (Å²) < 4.78 is 16.5. The van der Waals surface area contributed by atoms with Gasteiger partial charge in [-0.2, -0.15) is 0 Å². The molecule has 0 bridgehead atoms. The lowest BCUT2D eigenvalue weighted by molar-refractivity contribution is -0.242. The maximum absolute atomic E-state index is 13.3. The quantitative estimate of drug-likeness (QED) is 0.275. The first kappa shape index (κ1) is 21.7. The second-order valence-electron chi connectivity index (χ2n) is 7.40. The molecule has 0 radical (unpaired) electrons. The van der Waals surface area contributed by atoms with Gasteiger partial charge in [0.15, 0.2) is 17.3 Å². The number of aromatic hydroxyl groups is 4. The van der Waals surface area contributed by atoms with Crippen molar-refractivity contribution in [3.63, 3.8) is 0 Å². The molecular weight excluding hydrogens is 428 g/mol. The summed E-state index contributed by atoms with van der Waals surface area (Å²) in [6.45, 7) is 1.06. The Morgan fingerprint density at radius 3 is 2.34 bits per heavy atom. The van der Waals surface area contributed by atoms with Crippen LogP contribution in [0.1, 0.15) is 5.56 Å². The molecule has 0 saturated carbocycles. The summed E-state index contributed by atoms with van der Waals surface area (Å²) in [5.41, 5.74) is -0.852. The minimum Gasteiger partial charge on any atom is -0.507 e. The standard InChI is InChI=1S/C21H20O11/c1-7-10(23)5-12(25)14-16(28)20(32-21-17(29)15(27)13(26)6-30-21)19(31-18(7)14)8-2-3-9(22)11(24)4-8/h2-5,13,15,17,21-27,29H,6H2,1H3/t13-,15+,17-,21+/m0/s1. The average molecular weight is 448 g/mol. The zero-order chi connectivity index (χ0) is 23.3. The van der Waals surface area contributed by atoms with Crippen molar-refractivity contribution in [3.05, 3.63) is 40.1 Å². The summed E-state index contributed by atoms with van der Waals surface area (Å²) in [7, 11) is 0.